The SMILES string of the molecule is CC(=O)C(CCO)Cc1cccc([N+](=O)[O-])c1. The summed E-state index contributed by atoms with van der Waals surface area (Å²) in [4.78, 5) is 21.4. The van der Waals surface area contributed by atoms with E-state index in [2.05, 4.69) is 0 Å². The van der Waals surface area contributed by atoms with Crippen molar-refractivity contribution in [2.75, 3.05) is 6.61 Å². The third-order valence-corrected chi connectivity index (χ3v) is 2.66. The number of carbonyl (C=O) groups excluding carboxylic acids is 1. The van der Waals surface area contributed by atoms with E-state index in [4.69, 9.17) is 5.11 Å². The predicted octanol–water partition coefficient (Wildman–Crippen LogP) is 1.72. The molecule has 0 radical (unpaired) electrons. The third kappa shape index (κ3) is 3.96. The van der Waals surface area contributed by atoms with Crippen molar-refractivity contribution in [3.8, 4) is 0 Å². The Kier molecular flexibility index (Phi) is 4.78. The number of hydrogen-bond donors (Lipinski definition) is 1. The van der Waals surface area contributed by atoms with Crippen LogP contribution in [0.15, 0.2) is 24.3 Å². The van der Waals surface area contributed by atoms with Gasteiger partial charge >= 0.3 is 0 Å². The molecule has 5 heteroatoms. The minimum Gasteiger partial charge on any atom is -0.396 e. The molecule has 0 heterocycles. The predicted molar refractivity (Wildman–Crippen MR) is 62.7 cm³/mol. The largest absolute Gasteiger partial charge is 0.396 e. The first kappa shape index (κ1) is 13.3. The van der Waals surface area contributed by atoms with Crippen LogP contribution in [0.25, 0.3) is 0 Å². The van der Waals surface area contributed by atoms with E-state index < -0.39 is 4.92 Å². The molecule has 1 aromatic rings. The summed E-state index contributed by atoms with van der Waals surface area (Å²) in [5.74, 6) is -0.285. The molecule has 0 spiro atoms. The second-order valence-corrected chi connectivity index (χ2v) is 3.95. The summed E-state index contributed by atoms with van der Waals surface area (Å²) in [6, 6.07) is 6.23. The van der Waals surface area contributed by atoms with Gasteiger partial charge in [-0.05, 0) is 25.3 Å². The number of aliphatic hydroxyl groups is 1. The van der Waals surface area contributed by atoms with Crippen molar-refractivity contribution in [1.29, 1.82) is 0 Å². The Labute approximate surface area is 99.2 Å². The van der Waals surface area contributed by atoms with Crippen LogP contribution in [0.1, 0.15) is 18.9 Å². The van der Waals surface area contributed by atoms with E-state index in [0.717, 1.165) is 5.56 Å². The van der Waals surface area contributed by atoms with Gasteiger partial charge in [-0.3, -0.25) is 14.9 Å². The van der Waals surface area contributed by atoms with Crippen molar-refractivity contribution in [1.82, 2.24) is 0 Å². The lowest BCUT2D eigenvalue weighted by molar-refractivity contribution is -0.384. The van der Waals surface area contributed by atoms with E-state index in [1.165, 1.54) is 19.1 Å². The first-order chi connectivity index (χ1) is 8.04. The average Bonchev–Trinajstić information content (AvgIpc) is 2.28. The summed E-state index contributed by atoms with van der Waals surface area (Å²) in [5, 5.41) is 19.4. The number of nitro groups is 1. The molecule has 0 saturated carbocycles. The highest BCUT2D eigenvalue weighted by molar-refractivity contribution is 5.78. The molecule has 1 atom stereocenters. The molecule has 0 aliphatic heterocycles. The highest BCUT2D eigenvalue weighted by atomic mass is 16.6. The minimum atomic E-state index is -0.460. The number of carbonyl (C=O) groups is 1. The lowest BCUT2D eigenvalue weighted by Gasteiger charge is -2.11. The van der Waals surface area contributed by atoms with Crippen LogP contribution in [0, 0.1) is 16.0 Å². The van der Waals surface area contributed by atoms with Gasteiger partial charge in [-0.15, -0.1) is 0 Å². The molecular weight excluding hydrogens is 222 g/mol. The molecule has 0 aromatic heterocycles. The van der Waals surface area contributed by atoms with E-state index >= 15 is 0 Å². The van der Waals surface area contributed by atoms with Crippen LogP contribution < -0.4 is 0 Å². The normalized spacial score (nSPS) is 12.1. The summed E-state index contributed by atoms with van der Waals surface area (Å²) in [6.45, 7) is 1.41. The molecule has 0 saturated heterocycles. The number of hydrogen-bond acceptors (Lipinski definition) is 4. The van der Waals surface area contributed by atoms with Gasteiger partial charge in [-0.25, -0.2) is 0 Å². The highest BCUT2D eigenvalue weighted by Crippen LogP contribution is 2.18. The molecule has 0 fully saturated rings. The number of non-ortho nitro benzene ring substituents is 1. The fourth-order valence-corrected chi connectivity index (χ4v) is 1.69. The van der Waals surface area contributed by atoms with E-state index in [9.17, 15) is 14.9 Å². The maximum absolute atomic E-state index is 11.3. The Hall–Kier alpha value is -1.75. The number of Topliss-reactive ketones (excluding diaryl/α,β-unsaturated/α-hetero) is 1. The second kappa shape index (κ2) is 6.10. The van der Waals surface area contributed by atoms with Gasteiger partial charge < -0.3 is 5.11 Å². The van der Waals surface area contributed by atoms with Gasteiger partial charge in [0.25, 0.3) is 5.69 Å². The van der Waals surface area contributed by atoms with E-state index in [0.29, 0.717) is 12.8 Å². The lowest BCUT2D eigenvalue weighted by atomic mass is 9.93. The monoisotopic (exact) mass is 237 g/mol. The molecular formula is C12H15NO4. The van der Waals surface area contributed by atoms with Crippen LogP contribution in [-0.2, 0) is 11.2 Å². The molecule has 5 nitrogen and oxygen atoms in total. The molecule has 17 heavy (non-hydrogen) atoms. The summed E-state index contributed by atoms with van der Waals surface area (Å²) in [5.41, 5.74) is 0.765. The van der Waals surface area contributed by atoms with Crippen LogP contribution >= 0.6 is 0 Å². The average molecular weight is 237 g/mol. The number of ketones is 1. The van der Waals surface area contributed by atoms with Gasteiger partial charge in [-0.2, -0.15) is 0 Å². The van der Waals surface area contributed by atoms with Gasteiger partial charge in [-0.1, -0.05) is 12.1 Å². The van der Waals surface area contributed by atoms with Gasteiger partial charge in [0.15, 0.2) is 0 Å². The van der Waals surface area contributed by atoms with Crippen LogP contribution in [-0.4, -0.2) is 22.4 Å². The van der Waals surface area contributed by atoms with Crippen LogP contribution in [0.2, 0.25) is 0 Å². The van der Waals surface area contributed by atoms with Crippen LogP contribution in [0.3, 0.4) is 0 Å². The number of nitrogens with zero attached hydrogens (tertiary/aromatic N) is 1. The number of rotatable bonds is 6. The molecule has 1 unspecified atom stereocenters. The van der Waals surface area contributed by atoms with E-state index in [-0.39, 0.29) is 24.0 Å². The topological polar surface area (TPSA) is 80.4 Å². The van der Waals surface area contributed by atoms with Gasteiger partial charge in [0.2, 0.25) is 0 Å². The molecule has 0 amide bonds. The molecule has 0 aliphatic carbocycles. The zero-order valence-corrected chi connectivity index (χ0v) is 9.63. The third-order valence-electron chi connectivity index (χ3n) is 2.66. The molecule has 1 aromatic carbocycles. The van der Waals surface area contributed by atoms with Gasteiger partial charge in [0, 0.05) is 24.7 Å². The van der Waals surface area contributed by atoms with Gasteiger partial charge in [0.05, 0.1) is 4.92 Å². The Morgan fingerprint density at radius 3 is 2.76 bits per heavy atom. The summed E-state index contributed by atoms with van der Waals surface area (Å²) in [6.07, 6.45) is 0.815. The number of nitro benzene ring substituents is 1. The van der Waals surface area contributed by atoms with E-state index in [1.54, 1.807) is 12.1 Å². The minimum absolute atomic E-state index is 0.00874. The molecule has 92 valence electrons. The Balaban J connectivity index is 2.82. The second-order valence-electron chi connectivity index (χ2n) is 3.95. The van der Waals surface area contributed by atoms with Crippen molar-refractivity contribution in [3.05, 3.63) is 39.9 Å². The zero-order chi connectivity index (χ0) is 12.8. The van der Waals surface area contributed by atoms with Crippen molar-refractivity contribution < 1.29 is 14.8 Å². The first-order valence-electron chi connectivity index (χ1n) is 5.39. The fourth-order valence-electron chi connectivity index (χ4n) is 1.69. The lowest BCUT2D eigenvalue weighted by Crippen LogP contribution is -2.15. The summed E-state index contributed by atoms with van der Waals surface area (Å²) in [7, 11) is 0. The standard InChI is InChI=1S/C12H15NO4/c1-9(15)11(5-6-14)7-10-3-2-4-12(8-10)13(16)17/h2-4,8,11,14H,5-7H2,1H3. The molecule has 1 N–H and O–H groups in total. The van der Waals surface area contributed by atoms with Crippen molar-refractivity contribution in [3.63, 3.8) is 0 Å². The first-order valence-corrected chi connectivity index (χ1v) is 5.39. The zero-order valence-electron chi connectivity index (χ0n) is 9.63. The molecule has 0 aliphatic rings. The maximum Gasteiger partial charge on any atom is 0.269 e. The van der Waals surface area contributed by atoms with Crippen LogP contribution in [0.4, 0.5) is 5.69 Å². The highest BCUT2D eigenvalue weighted by Gasteiger charge is 2.15. The molecule has 1 rings (SSSR count). The molecule has 0 bridgehead atoms. The Bertz CT molecular complexity index is 417. The fraction of sp³-hybridized carbons (Fsp3) is 0.417. The van der Waals surface area contributed by atoms with Crippen molar-refractivity contribution in [2.24, 2.45) is 5.92 Å². The van der Waals surface area contributed by atoms with Crippen molar-refractivity contribution in [2.45, 2.75) is 19.8 Å². The smallest absolute Gasteiger partial charge is 0.269 e. The maximum atomic E-state index is 11.3. The Morgan fingerprint density at radius 2 is 2.24 bits per heavy atom. The Morgan fingerprint density at radius 1 is 1.53 bits per heavy atom. The number of benzene rings is 1. The van der Waals surface area contributed by atoms with Crippen LogP contribution in [0.5, 0.6) is 0 Å². The van der Waals surface area contributed by atoms with E-state index in [1.807, 2.05) is 0 Å². The quantitative estimate of drug-likeness (QED) is 0.603. The van der Waals surface area contributed by atoms with Gasteiger partial charge in [0.1, 0.15) is 5.78 Å². The van der Waals surface area contributed by atoms with Crippen molar-refractivity contribution >= 4 is 11.5 Å². The number of aliphatic hydroxyl groups excluding tert-OH is 1. The summed E-state index contributed by atoms with van der Waals surface area (Å²) < 4.78 is 0. The summed E-state index contributed by atoms with van der Waals surface area (Å²) >= 11 is 0.